The molecule has 0 fully saturated rings. The van der Waals surface area contributed by atoms with E-state index in [4.69, 9.17) is 18.9 Å². The molecule has 0 saturated carbocycles. The van der Waals surface area contributed by atoms with E-state index in [1.165, 1.54) is 9.75 Å². The van der Waals surface area contributed by atoms with Gasteiger partial charge in [-0.05, 0) is 12.8 Å². The zero-order chi connectivity index (χ0) is 20.1. The predicted octanol–water partition coefficient (Wildman–Crippen LogP) is 6.39. The molecule has 0 radical (unpaired) electrons. The molecule has 0 aliphatic carbocycles. The van der Waals surface area contributed by atoms with Gasteiger partial charge in [0, 0.05) is 10.8 Å². The van der Waals surface area contributed by atoms with E-state index in [1.54, 1.807) is 22.7 Å². The van der Waals surface area contributed by atoms with Gasteiger partial charge in [0.15, 0.2) is 23.0 Å². The number of fused-ring (bicyclic) bond motifs is 2. The van der Waals surface area contributed by atoms with Crippen LogP contribution < -0.4 is 18.9 Å². The topological polar surface area (TPSA) is 36.9 Å². The van der Waals surface area contributed by atoms with Crippen LogP contribution in [0.1, 0.15) is 64.1 Å². The Balaban J connectivity index is 1.93. The molecular weight excluding hydrogens is 392 g/mol. The van der Waals surface area contributed by atoms with E-state index in [9.17, 15) is 0 Å². The minimum Gasteiger partial charge on any atom is -0.485 e. The van der Waals surface area contributed by atoms with Crippen LogP contribution in [0.15, 0.2) is 0 Å². The van der Waals surface area contributed by atoms with Crippen LogP contribution in [-0.4, -0.2) is 26.4 Å². The van der Waals surface area contributed by atoms with Crippen LogP contribution in [0.2, 0.25) is 0 Å². The van der Waals surface area contributed by atoms with Crippen molar-refractivity contribution in [1.82, 2.24) is 0 Å². The molecule has 0 aromatic carbocycles. The molecule has 4 rings (SSSR count). The fourth-order valence-electron chi connectivity index (χ4n) is 3.41. The minimum absolute atomic E-state index is 0.0356. The summed E-state index contributed by atoms with van der Waals surface area (Å²) >= 11 is 3.58. The quantitative estimate of drug-likeness (QED) is 0.559. The summed E-state index contributed by atoms with van der Waals surface area (Å²) in [7, 11) is 0. The first-order chi connectivity index (χ1) is 13.3. The van der Waals surface area contributed by atoms with Crippen LogP contribution in [0.3, 0.4) is 0 Å². The van der Waals surface area contributed by atoms with Gasteiger partial charge >= 0.3 is 0 Å². The molecule has 0 N–H and O–H groups in total. The zero-order valence-corrected chi connectivity index (χ0v) is 19.3. The lowest BCUT2D eigenvalue weighted by Gasteiger charge is -2.24. The van der Waals surface area contributed by atoms with Gasteiger partial charge in [-0.1, -0.05) is 41.5 Å². The number of thiophene rings is 2. The van der Waals surface area contributed by atoms with Gasteiger partial charge in [0.1, 0.15) is 26.4 Å². The second-order valence-electron chi connectivity index (χ2n) is 8.71. The van der Waals surface area contributed by atoms with Crippen molar-refractivity contribution in [3.63, 3.8) is 0 Å². The lowest BCUT2D eigenvalue weighted by Crippen LogP contribution is -2.19. The molecule has 4 heterocycles. The summed E-state index contributed by atoms with van der Waals surface area (Å²) in [5, 5.41) is 0. The normalized spacial score (nSPS) is 16.4. The van der Waals surface area contributed by atoms with Crippen molar-refractivity contribution in [2.45, 2.75) is 65.2 Å². The molecule has 0 amide bonds. The smallest absolute Gasteiger partial charge is 0.181 e. The van der Waals surface area contributed by atoms with Gasteiger partial charge in [-0.25, -0.2) is 0 Å². The van der Waals surface area contributed by atoms with Gasteiger partial charge in [0.2, 0.25) is 0 Å². The Morgan fingerprint density at radius 2 is 0.929 bits per heavy atom. The van der Waals surface area contributed by atoms with E-state index in [2.05, 4.69) is 41.5 Å². The Labute approximate surface area is 175 Å². The van der Waals surface area contributed by atoms with Gasteiger partial charge in [-0.2, -0.15) is 0 Å². The van der Waals surface area contributed by atoms with Crippen LogP contribution in [0.25, 0.3) is 9.75 Å². The fourth-order valence-corrected chi connectivity index (χ4v) is 6.26. The molecule has 0 atom stereocenters. The van der Waals surface area contributed by atoms with Crippen molar-refractivity contribution in [3.05, 3.63) is 9.75 Å². The van der Waals surface area contributed by atoms with Gasteiger partial charge in [0.05, 0.1) is 19.5 Å². The second kappa shape index (κ2) is 7.13. The summed E-state index contributed by atoms with van der Waals surface area (Å²) in [6.45, 7) is 15.9. The summed E-state index contributed by atoms with van der Waals surface area (Å²) in [4.78, 5) is 4.76. The largest absolute Gasteiger partial charge is 0.485 e. The van der Waals surface area contributed by atoms with Crippen molar-refractivity contribution in [2.75, 3.05) is 26.4 Å². The molecule has 28 heavy (non-hydrogen) atoms. The Hall–Kier alpha value is -1.40. The van der Waals surface area contributed by atoms with E-state index in [-0.39, 0.29) is 10.8 Å². The first kappa shape index (κ1) is 19.9. The zero-order valence-electron chi connectivity index (χ0n) is 17.7. The molecule has 2 aliphatic rings. The molecule has 6 heteroatoms. The molecular formula is C22H30O4S2. The first-order valence-electron chi connectivity index (χ1n) is 10.2. The van der Waals surface area contributed by atoms with Crippen molar-refractivity contribution < 1.29 is 18.9 Å². The highest BCUT2D eigenvalue weighted by Gasteiger charge is 2.38. The molecule has 0 spiro atoms. The van der Waals surface area contributed by atoms with E-state index < -0.39 is 0 Å². The molecule has 0 saturated heterocycles. The standard InChI is InChI=1S/C22H30O4S2/c1-7-21(3,4)19-15-13(23-9-11-25-15)17(27-19)18-14-16(26-12-10-24-14)20(28-18)22(5,6)8-2/h7-12H2,1-6H3. The number of rotatable bonds is 5. The van der Waals surface area contributed by atoms with Crippen LogP contribution in [0, 0.1) is 0 Å². The average molecular weight is 423 g/mol. The summed E-state index contributed by atoms with van der Waals surface area (Å²) in [6, 6.07) is 0. The molecule has 0 unspecified atom stereocenters. The maximum Gasteiger partial charge on any atom is 0.181 e. The highest BCUT2D eigenvalue weighted by Crippen LogP contribution is 2.61. The van der Waals surface area contributed by atoms with Crippen LogP contribution in [-0.2, 0) is 10.8 Å². The van der Waals surface area contributed by atoms with Crippen molar-refractivity contribution in [3.8, 4) is 32.8 Å². The van der Waals surface area contributed by atoms with Gasteiger partial charge < -0.3 is 18.9 Å². The van der Waals surface area contributed by atoms with Crippen LogP contribution in [0.4, 0.5) is 0 Å². The molecule has 2 aromatic rings. The SMILES string of the molecule is CCC(C)(C)c1sc(-c2sc(C(C)(C)CC)c3c2OCCO3)c2c1OCCO2. The third-order valence-electron chi connectivity index (χ3n) is 6.00. The lowest BCUT2D eigenvalue weighted by molar-refractivity contribution is 0.168. The second-order valence-corrected chi connectivity index (χ2v) is 10.7. The predicted molar refractivity (Wildman–Crippen MR) is 116 cm³/mol. The maximum atomic E-state index is 6.14. The average Bonchev–Trinajstić information content (AvgIpc) is 3.27. The van der Waals surface area contributed by atoms with Crippen molar-refractivity contribution >= 4 is 22.7 Å². The number of ether oxygens (including phenoxy) is 4. The summed E-state index contributed by atoms with van der Waals surface area (Å²) in [6.07, 6.45) is 2.08. The third-order valence-corrected chi connectivity index (χ3v) is 9.20. The van der Waals surface area contributed by atoms with E-state index in [0.717, 1.165) is 45.6 Å². The van der Waals surface area contributed by atoms with Crippen molar-refractivity contribution in [1.29, 1.82) is 0 Å². The number of hydrogen-bond acceptors (Lipinski definition) is 6. The monoisotopic (exact) mass is 422 g/mol. The van der Waals surface area contributed by atoms with E-state index >= 15 is 0 Å². The van der Waals surface area contributed by atoms with Crippen LogP contribution in [0.5, 0.6) is 23.0 Å². The first-order valence-corrected chi connectivity index (χ1v) is 11.8. The molecule has 4 nitrogen and oxygen atoms in total. The molecule has 0 bridgehead atoms. The van der Waals surface area contributed by atoms with Gasteiger partial charge in [-0.3, -0.25) is 0 Å². The Morgan fingerprint density at radius 1 is 0.607 bits per heavy atom. The summed E-state index contributed by atoms with van der Waals surface area (Å²) in [5.41, 5.74) is 0.0712. The summed E-state index contributed by atoms with van der Waals surface area (Å²) < 4.78 is 24.5. The Kier molecular flexibility index (Phi) is 5.07. The van der Waals surface area contributed by atoms with Gasteiger partial charge in [0.25, 0.3) is 0 Å². The Bertz CT molecular complexity index is 803. The molecule has 154 valence electrons. The van der Waals surface area contributed by atoms with Gasteiger partial charge in [-0.15, -0.1) is 22.7 Å². The van der Waals surface area contributed by atoms with Crippen molar-refractivity contribution in [2.24, 2.45) is 0 Å². The highest BCUT2D eigenvalue weighted by molar-refractivity contribution is 7.23. The third kappa shape index (κ3) is 3.09. The number of hydrogen-bond donors (Lipinski definition) is 0. The van der Waals surface area contributed by atoms with Crippen LogP contribution >= 0.6 is 22.7 Å². The molecule has 2 aliphatic heterocycles. The maximum absolute atomic E-state index is 6.14. The minimum atomic E-state index is 0.0356. The fraction of sp³-hybridized carbons (Fsp3) is 0.636. The Morgan fingerprint density at radius 3 is 1.25 bits per heavy atom. The molecule has 2 aromatic heterocycles. The summed E-state index contributed by atoms with van der Waals surface area (Å²) in [5.74, 6) is 3.61. The lowest BCUT2D eigenvalue weighted by atomic mass is 9.88. The van der Waals surface area contributed by atoms with E-state index in [0.29, 0.717) is 26.4 Å². The highest BCUT2D eigenvalue weighted by atomic mass is 32.1. The van der Waals surface area contributed by atoms with E-state index in [1.807, 2.05) is 0 Å².